The Labute approximate surface area is 89.3 Å². The van der Waals surface area contributed by atoms with Crippen LogP contribution >= 0.6 is 0 Å². The molecule has 0 N–H and O–H groups in total. The molecule has 0 aliphatic carbocycles. The van der Waals surface area contributed by atoms with E-state index in [4.69, 9.17) is 0 Å². The molecule has 2 heteroatoms. The highest BCUT2D eigenvalue weighted by atomic mass is 16.5. The molecule has 0 aliphatic heterocycles. The van der Waals surface area contributed by atoms with E-state index in [9.17, 15) is 5.21 Å². The third kappa shape index (κ3) is 10.0. The third-order valence-electron chi connectivity index (χ3n) is 2.52. The van der Waals surface area contributed by atoms with E-state index in [0.717, 1.165) is 25.9 Å². The van der Waals surface area contributed by atoms with E-state index >= 15 is 0 Å². The van der Waals surface area contributed by atoms with Crippen molar-refractivity contribution in [2.75, 3.05) is 13.1 Å². The van der Waals surface area contributed by atoms with E-state index in [1.807, 2.05) is 0 Å². The minimum Gasteiger partial charge on any atom is -0.155 e. The maximum absolute atomic E-state index is 11.3. The molecule has 0 atom stereocenters. The molecular weight excluding hydrogens is 174 g/mol. The highest BCUT2D eigenvalue weighted by Crippen LogP contribution is 2.03. The molecule has 0 saturated carbocycles. The number of hydrogen-bond acceptors (Lipinski definition) is 1. The van der Waals surface area contributed by atoms with Gasteiger partial charge < -0.3 is 0 Å². The van der Waals surface area contributed by atoms with Crippen molar-refractivity contribution < 1.29 is 5.21 Å². The third-order valence-corrected chi connectivity index (χ3v) is 2.52. The molecule has 0 rings (SSSR count). The molecule has 0 spiro atoms. The fourth-order valence-electron chi connectivity index (χ4n) is 1.54. The van der Waals surface area contributed by atoms with Crippen molar-refractivity contribution in [3.05, 3.63) is 0 Å². The summed E-state index contributed by atoms with van der Waals surface area (Å²) in [6.45, 7) is 5.87. The second-order valence-corrected chi connectivity index (χ2v) is 4.05. The summed E-state index contributed by atoms with van der Waals surface area (Å²) in [4.78, 5) is 0. The molecule has 0 heterocycles. The average molecular weight is 200 g/mol. The Bertz CT molecular complexity index is 94.5. The molecule has 0 aromatic carbocycles. The smallest absolute Gasteiger partial charge is 0.0271 e. The summed E-state index contributed by atoms with van der Waals surface area (Å²) in [7, 11) is 0. The van der Waals surface area contributed by atoms with Crippen LogP contribution in [0, 0.1) is 0 Å². The molecule has 0 amide bonds. The Hall–Kier alpha value is -0.0800. The highest BCUT2D eigenvalue weighted by molar-refractivity contribution is 4.48. The molecule has 14 heavy (non-hydrogen) atoms. The summed E-state index contributed by atoms with van der Waals surface area (Å²) in [6, 6.07) is 0. The standard InChI is InChI=1S/C12H26NO/c1-3-5-7-9-11-13(14)12-10-8-6-4-2/h3-12H2,1-2H3. The highest BCUT2D eigenvalue weighted by Gasteiger charge is 2.00. The Morgan fingerprint density at radius 1 is 0.714 bits per heavy atom. The first-order valence-corrected chi connectivity index (χ1v) is 6.23. The minimum atomic E-state index is 0.742. The Balaban J connectivity index is 3.07. The molecule has 0 unspecified atom stereocenters. The van der Waals surface area contributed by atoms with Gasteiger partial charge in [0.05, 0.1) is 0 Å². The van der Waals surface area contributed by atoms with Gasteiger partial charge in [0.1, 0.15) is 0 Å². The average Bonchev–Trinajstić information content (AvgIpc) is 2.19. The molecule has 1 radical (unpaired) electrons. The van der Waals surface area contributed by atoms with E-state index in [2.05, 4.69) is 13.8 Å². The van der Waals surface area contributed by atoms with Gasteiger partial charge in [0.25, 0.3) is 0 Å². The van der Waals surface area contributed by atoms with Gasteiger partial charge in [-0.25, -0.2) is 0 Å². The van der Waals surface area contributed by atoms with E-state index in [1.54, 1.807) is 0 Å². The summed E-state index contributed by atoms with van der Waals surface area (Å²) >= 11 is 0. The summed E-state index contributed by atoms with van der Waals surface area (Å²) in [5.74, 6) is 0. The maximum atomic E-state index is 11.3. The van der Waals surface area contributed by atoms with Crippen LogP contribution in [0.3, 0.4) is 0 Å². The lowest BCUT2D eigenvalue weighted by Gasteiger charge is -2.11. The van der Waals surface area contributed by atoms with Crippen molar-refractivity contribution in [2.45, 2.75) is 65.2 Å². The SMILES string of the molecule is CCCCCCN([O])CCCCCC. The second-order valence-electron chi connectivity index (χ2n) is 4.05. The minimum absolute atomic E-state index is 0.742. The van der Waals surface area contributed by atoms with Gasteiger partial charge in [-0.1, -0.05) is 52.4 Å². The number of hydrogen-bond donors (Lipinski definition) is 0. The first-order chi connectivity index (χ1) is 6.81. The summed E-state index contributed by atoms with van der Waals surface area (Å²) in [6.07, 6.45) is 9.60. The molecule has 0 fully saturated rings. The number of hydroxylamine groups is 2. The predicted octanol–water partition coefficient (Wildman–Crippen LogP) is 3.79. The van der Waals surface area contributed by atoms with Crippen LogP contribution in [0.2, 0.25) is 0 Å². The van der Waals surface area contributed by atoms with Gasteiger partial charge in [-0.3, -0.25) is 0 Å². The van der Waals surface area contributed by atoms with Crippen molar-refractivity contribution >= 4 is 0 Å². The predicted molar refractivity (Wildman–Crippen MR) is 60.5 cm³/mol. The summed E-state index contributed by atoms with van der Waals surface area (Å²) in [5.41, 5.74) is 0. The summed E-state index contributed by atoms with van der Waals surface area (Å²) in [5, 5.41) is 12.5. The zero-order chi connectivity index (χ0) is 10.6. The van der Waals surface area contributed by atoms with Crippen LogP contribution in [0.15, 0.2) is 0 Å². The normalized spacial score (nSPS) is 11.1. The van der Waals surface area contributed by atoms with Crippen LogP contribution in [-0.2, 0) is 5.21 Å². The molecule has 0 bridgehead atoms. The molecule has 0 aromatic heterocycles. The van der Waals surface area contributed by atoms with Crippen molar-refractivity contribution in [1.29, 1.82) is 0 Å². The monoisotopic (exact) mass is 200 g/mol. The lowest BCUT2D eigenvalue weighted by Crippen LogP contribution is -2.20. The Morgan fingerprint density at radius 3 is 1.50 bits per heavy atom. The van der Waals surface area contributed by atoms with Gasteiger partial charge in [0.15, 0.2) is 0 Å². The first kappa shape index (κ1) is 13.9. The first-order valence-electron chi connectivity index (χ1n) is 6.23. The molecule has 85 valence electrons. The molecule has 0 aromatic rings. The number of unbranched alkanes of at least 4 members (excludes halogenated alkanes) is 6. The lowest BCUT2D eigenvalue weighted by molar-refractivity contribution is -0.158. The Morgan fingerprint density at radius 2 is 1.14 bits per heavy atom. The van der Waals surface area contributed by atoms with Crippen LogP contribution in [0.4, 0.5) is 0 Å². The van der Waals surface area contributed by atoms with Crippen molar-refractivity contribution in [3.8, 4) is 0 Å². The lowest BCUT2D eigenvalue weighted by atomic mass is 10.2. The number of rotatable bonds is 10. The molecular formula is C12H26NO. The van der Waals surface area contributed by atoms with Crippen molar-refractivity contribution in [1.82, 2.24) is 5.06 Å². The van der Waals surface area contributed by atoms with Crippen molar-refractivity contribution in [3.63, 3.8) is 0 Å². The molecule has 0 saturated heterocycles. The van der Waals surface area contributed by atoms with Crippen LogP contribution < -0.4 is 0 Å². The molecule has 0 aliphatic rings. The van der Waals surface area contributed by atoms with Crippen LogP contribution in [-0.4, -0.2) is 18.2 Å². The number of nitrogens with zero attached hydrogens (tertiary/aromatic N) is 1. The van der Waals surface area contributed by atoms with Crippen molar-refractivity contribution in [2.24, 2.45) is 0 Å². The van der Waals surface area contributed by atoms with Gasteiger partial charge in [-0.2, -0.15) is 5.06 Å². The maximum Gasteiger partial charge on any atom is 0.0271 e. The zero-order valence-electron chi connectivity index (χ0n) is 9.93. The van der Waals surface area contributed by atoms with Gasteiger partial charge in [-0.15, -0.1) is 5.21 Å². The van der Waals surface area contributed by atoms with Crippen LogP contribution in [0.1, 0.15) is 65.2 Å². The van der Waals surface area contributed by atoms with E-state index < -0.39 is 0 Å². The molecule has 2 nitrogen and oxygen atoms in total. The van der Waals surface area contributed by atoms with Crippen LogP contribution in [0.25, 0.3) is 0 Å². The van der Waals surface area contributed by atoms with E-state index in [0.29, 0.717) is 0 Å². The zero-order valence-corrected chi connectivity index (χ0v) is 9.93. The van der Waals surface area contributed by atoms with Crippen LogP contribution in [0.5, 0.6) is 0 Å². The fourth-order valence-corrected chi connectivity index (χ4v) is 1.54. The van der Waals surface area contributed by atoms with Gasteiger partial charge in [-0.05, 0) is 12.8 Å². The summed E-state index contributed by atoms with van der Waals surface area (Å²) < 4.78 is 0. The largest absolute Gasteiger partial charge is 0.155 e. The fraction of sp³-hybridized carbons (Fsp3) is 1.00. The second kappa shape index (κ2) is 11.0. The topological polar surface area (TPSA) is 23.1 Å². The van der Waals surface area contributed by atoms with E-state index in [-0.39, 0.29) is 0 Å². The van der Waals surface area contributed by atoms with Gasteiger partial charge in [0, 0.05) is 13.1 Å². The van der Waals surface area contributed by atoms with Gasteiger partial charge in [0.2, 0.25) is 0 Å². The van der Waals surface area contributed by atoms with E-state index in [1.165, 1.54) is 43.6 Å². The Kier molecular flexibility index (Phi) is 10.9. The quantitative estimate of drug-likeness (QED) is 0.388. The van der Waals surface area contributed by atoms with Gasteiger partial charge >= 0.3 is 0 Å².